The van der Waals surface area contributed by atoms with Crippen LogP contribution in [0.4, 0.5) is 5.69 Å². The quantitative estimate of drug-likeness (QED) is 0.794. The summed E-state index contributed by atoms with van der Waals surface area (Å²) in [5.41, 5.74) is 6.03. The molecule has 0 radical (unpaired) electrons. The van der Waals surface area contributed by atoms with Gasteiger partial charge in [0.15, 0.2) is 0 Å². The molecule has 6 nitrogen and oxygen atoms in total. The number of aromatic nitrogens is 2. The molecule has 8 heteroatoms. The number of benzene rings is 1. The zero-order chi connectivity index (χ0) is 14.8. The zero-order valence-electron chi connectivity index (χ0n) is 10.8. The highest BCUT2D eigenvalue weighted by molar-refractivity contribution is 9.10. The van der Waals surface area contributed by atoms with Gasteiger partial charge in [-0.05, 0) is 47.1 Å². The topological polar surface area (TPSA) is 90.0 Å². The lowest BCUT2D eigenvalue weighted by Crippen LogP contribution is -2.36. The molecule has 0 saturated carbocycles. The van der Waals surface area contributed by atoms with Crippen molar-refractivity contribution in [2.75, 3.05) is 5.73 Å². The van der Waals surface area contributed by atoms with Crippen molar-refractivity contribution in [3.05, 3.63) is 41.1 Å². The van der Waals surface area contributed by atoms with Crippen LogP contribution in [0.15, 0.2) is 46.0 Å². The summed E-state index contributed by atoms with van der Waals surface area (Å²) < 4.78 is 29.4. The summed E-state index contributed by atoms with van der Waals surface area (Å²) in [6, 6.07) is 6.16. The SMILES string of the molecule is CC(Cn1cccn1)NS(=O)(=O)c1cc(N)ccc1Br. The van der Waals surface area contributed by atoms with Crippen molar-refractivity contribution in [3.8, 4) is 0 Å². The lowest BCUT2D eigenvalue weighted by molar-refractivity contribution is 0.494. The molecule has 1 unspecified atom stereocenters. The molecule has 0 bridgehead atoms. The Labute approximate surface area is 126 Å². The van der Waals surface area contributed by atoms with Crippen LogP contribution in [0.1, 0.15) is 6.92 Å². The van der Waals surface area contributed by atoms with Crippen LogP contribution in [-0.2, 0) is 16.6 Å². The van der Waals surface area contributed by atoms with Crippen molar-refractivity contribution < 1.29 is 8.42 Å². The highest BCUT2D eigenvalue weighted by atomic mass is 79.9. The second kappa shape index (κ2) is 5.94. The Morgan fingerprint density at radius 3 is 2.90 bits per heavy atom. The normalized spacial score (nSPS) is 13.3. The van der Waals surface area contributed by atoms with Gasteiger partial charge >= 0.3 is 0 Å². The third kappa shape index (κ3) is 3.59. The van der Waals surface area contributed by atoms with Crippen LogP contribution in [0.3, 0.4) is 0 Å². The molecule has 2 rings (SSSR count). The van der Waals surface area contributed by atoms with Gasteiger partial charge in [0.1, 0.15) is 0 Å². The molecule has 0 saturated heterocycles. The van der Waals surface area contributed by atoms with Gasteiger partial charge in [0.25, 0.3) is 0 Å². The van der Waals surface area contributed by atoms with E-state index in [1.54, 1.807) is 42.2 Å². The smallest absolute Gasteiger partial charge is 0.242 e. The Kier molecular flexibility index (Phi) is 4.46. The molecule has 0 fully saturated rings. The maximum absolute atomic E-state index is 12.3. The van der Waals surface area contributed by atoms with Crippen molar-refractivity contribution in [2.24, 2.45) is 0 Å². The molecule has 0 aliphatic heterocycles. The number of hydrogen-bond donors (Lipinski definition) is 2. The van der Waals surface area contributed by atoms with E-state index in [-0.39, 0.29) is 10.9 Å². The van der Waals surface area contributed by atoms with E-state index in [2.05, 4.69) is 25.8 Å². The van der Waals surface area contributed by atoms with Crippen molar-refractivity contribution >= 4 is 31.6 Å². The molecular weight excluding hydrogens is 344 g/mol. The molecule has 3 N–H and O–H groups in total. The van der Waals surface area contributed by atoms with Gasteiger partial charge in [-0.2, -0.15) is 5.10 Å². The van der Waals surface area contributed by atoms with E-state index in [4.69, 9.17) is 5.73 Å². The number of sulfonamides is 1. The van der Waals surface area contributed by atoms with Crippen molar-refractivity contribution in [3.63, 3.8) is 0 Å². The van der Waals surface area contributed by atoms with Crippen molar-refractivity contribution in [2.45, 2.75) is 24.4 Å². The predicted octanol–water partition coefficient (Wildman–Crippen LogP) is 1.59. The minimum absolute atomic E-state index is 0.129. The minimum atomic E-state index is -3.63. The average Bonchev–Trinajstić information content (AvgIpc) is 2.84. The van der Waals surface area contributed by atoms with E-state index in [0.29, 0.717) is 16.7 Å². The average molecular weight is 359 g/mol. The van der Waals surface area contributed by atoms with E-state index in [9.17, 15) is 8.42 Å². The third-order valence-electron chi connectivity index (χ3n) is 2.62. The van der Waals surface area contributed by atoms with Gasteiger partial charge in [-0.15, -0.1) is 0 Å². The molecule has 0 amide bonds. The van der Waals surface area contributed by atoms with E-state index in [1.165, 1.54) is 6.07 Å². The Hall–Kier alpha value is -1.38. The maximum atomic E-state index is 12.3. The van der Waals surface area contributed by atoms with Crippen LogP contribution in [0.25, 0.3) is 0 Å². The van der Waals surface area contributed by atoms with Gasteiger partial charge in [-0.1, -0.05) is 0 Å². The second-order valence-electron chi connectivity index (χ2n) is 4.44. The first-order valence-electron chi connectivity index (χ1n) is 5.93. The monoisotopic (exact) mass is 358 g/mol. The summed E-state index contributed by atoms with van der Waals surface area (Å²) in [6.07, 6.45) is 3.43. The van der Waals surface area contributed by atoms with Crippen LogP contribution in [0.5, 0.6) is 0 Å². The molecule has 1 aromatic heterocycles. The number of hydrogen-bond acceptors (Lipinski definition) is 4. The first kappa shape index (κ1) is 15.0. The Morgan fingerprint density at radius 2 is 2.25 bits per heavy atom. The maximum Gasteiger partial charge on any atom is 0.242 e. The molecule has 1 aromatic carbocycles. The summed E-state index contributed by atoms with van der Waals surface area (Å²) in [7, 11) is -3.63. The predicted molar refractivity (Wildman–Crippen MR) is 80.6 cm³/mol. The van der Waals surface area contributed by atoms with Crippen molar-refractivity contribution in [1.29, 1.82) is 0 Å². The number of nitrogen functional groups attached to an aromatic ring is 1. The number of nitrogens with zero attached hydrogens (tertiary/aromatic N) is 2. The minimum Gasteiger partial charge on any atom is -0.399 e. The van der Waals surface area contributed by atoms with Crippen LogP contribution in [-0.4, -0.2) is 24.2 Å². The Balaban J connectivity index is 2.16. The third-order valence-corrected chi connectivity index (χ3v) is 5.20. The summed E-state index contributed by atoms with van der Waals surface area (Å²) in [4.78, 5) is 0.129. The molecule has 0 spiro atoms. The molecule has 0 aliphatic rings. The zero-order valence-corrected chi connectivity index (χ0v) is 13.2. The van der Waals surface area contributed by atoms with E-state index >= 15 is 0 Å². The fourth-order valence-electron chi connectivity index (χ4n) is 1.78. The molecule has 1 heterocycles. The fraction of sp³-hybridized carbons (Fsp3) is 0.250. The number of halogens is 1. The largest absolute Gasteiger partial charge is 0.399 e. The second-order valence-corrected chi connectivity index (χ2v) is 6.98. The molecular formula is C12H15BrN4O2S. The van der Waals surface area contributed by atoms with Gasteiger partial charge in [0, 0.05) is 28.6 Å². The number of rotatable bonds is 5. The van der Waals surface area contributed by atoms with Crippen molar-refractivity contribution in [1.82, 2.24) is 14.5 Å². The van der Waals surface area contributed by atoms with Crippen LogP contribution in [0, 0.1) is 0 Å². The number of nitrogens with one attached hydrogen (secondary N) is 1. The van der Waals surface area contributed by atoms with E-state index in [0.717, 1.165) is 0 Å². The molecule has 2 aromatic rings. The lowest BCUT2D eigenvalue weighted by Gasteiger charge is -2.15. The molecule has 1 atom stereocenters. The first-order chi connectivity index (χ1) is 9.38. The van der Waals surface area contributed by atoms with Crippen LogP contribution in [0.2, 0.25) is 0 Å². The summed E-state index contributed by atoms with van der Waals surface area (Å²) in [5, 5.41) is 4.04. The number of anilines is 1. The van der Waals surface area contributed by atoms with Crippen LogP contribution >= 0.6 is 15.9 Å². The highest BCUT2D eigenvalue weighted by Crippen LogP contribution is 2.24. The Morgan fingerprint density at radius 1 is 1.50 bits per heavy atom. The van der Waals surface area contributed by atoms with Crippen LogP contribution < -0.4 is 10.5 Å². The fourth-order valence-corrected chi connectivity index (χ4v) is 4.01. The summed E-state index contributed by atoms with van der Waals surface area (Å²) in [5.74, 6) is 0. The number of nitrogens with two attached hydrogens (primary N) is 1. The van der Waals surface area contributed by atoms with E-state index < -0.39 is 10.0 Å². The van der Waals surface area contributed by atoms with Gasteiger partial charge in [-0.25, -0.2) is 13.1 Å². The standard InChI is InChI=1S/C12H15BrN4O2S/c1-9(8-17-6-2-5-15-17)16-20(18,19)12-7-10(14)3-4-11(12)13/h2-7,9,16H,8,14H2,1H3. The Bertz CT molecular complexity index is 685. The van der Waals surface area contributed by atoms with Gasteiger partial charge in [0.2, 0.25) is 10.0 Å². The first-order valence-corrected chi connectivity index (χ1v) is 8.21. The van der Waals surface area contributed by atoms with Gasteiger partial charge < -0.3 is 5.73 Å². The molecule has 20 heavy (non-hydrogen) atoms. The summed E-state index contributed by atoms with van der Waals surface area (Å²) >= 11 is 3.22. The molecule has 0 aliphatic carbocycles. The van der Waals surface area contributed by atoms with Gasteiger partial charge in [-0.3, -0.25) is 4.68 Å². The summed E-state index contributed by atoms with van der Waals surface area (Å²) in [6.45, 7) is 2.23. The lowest BCUT2D eigenvalue weighted by atomic mass is 10.3. The van der Waals surface area contributed by atoms with Gasteiger partial charge in [0.05, 0.1) is 11.4 Å². The molecule has 108 valence electrons. The highest BCUT2D eigenvalue weighted by Gasteiger charge is 2.20. The van der Waals surface area contributed by atoms with E-state index in [1.807, 2.05) is 0 Å².